The number of hydrogen-bond acceptors (Lipinski definition) is 2. The molecule has 3 atom stereocenters. The molecule has 70 valence electrons. The maximum Gasteiger partial charge on any atom is 0.0664 e. The van der Waals surface area contributed by atoms with Crippen LogP contribution >= 0.6 is 0 Å². The van der Waals surface area contributed by atoms with Gasteiger partial charge in [-0.1, -0.05) is 6.92 Å². The minimum Gasteiger partial charge on any atom is -0.392 e. The van der Waals surface area contributed by atoms with Crippen molar-refractivity contribution < 1.29 is 5.11 Å². The van der Waals surface area contributed by atoms with Crippen molar-refractivity contribution >= 4 is 0 Å². The molecule has 1 aliphatic carbocycles. The molecule has 0 amide bonds. The largest absolute Gasteiger partial charge is 0.392 e. The molecule has 2 heteroatoms. The van der Waals surface area contributed by atoms with Gasteiger partial charge in [0.1, 0.15) is 0 Å². The fraction of sp³-hybridized carbons (Fsp3) is 1.00. The highest BCUT2D eigenvalue weighted by Gasteiger charge is 2.37. The fourth-order valence-corrected chi connectivity index (χ4v) is 2.65. The van der Waals surface area contributed by atoms with Gasteiger partial charge in [0.25, 0.3) is 0 Å². The second kappa shape index (κ2) is 3.35. The second-order valence-corrected chi connectivity index (χ2v) is 4.35. The van der Waals surface area contributed by atoms with Crippen LogP contribution in [0.5, 0.6) is 0 Å². The van der Waals surface area contributed by atoms with Crippen molar-refractivity contribution in [3.05, 3.63) is 0 Å². The molecule has 2 rings (SSSR count). The molecule has 2 fully saturated rings. The lowest BCUT2D eigenvalue weighted by molar-refractivity contribution is 0.0919. The highest BCUT2D eigenvalue weighted by atomic mass is 16.3. The number of nitrogens with zero attached hydrogens (tertiary/aromatic N) is 1. The lowest BCUT2D eigenvalue weighted by atomic mass is 10.1. The van der Waals surface area contributed by atoms with E-state index in [0.29, 0.717) is 0 Å². The molecular formula is C10H19NO. The van der Waals surface area contributed by atoms with E-state index in [9.17, 15) is 5.11 Å². The van der Waals surface area contributed by atoms with Crippen molar-refractivity contribution in [3.63, 3.8) is 0 Å². The Bertz CT molecular complexity index is 160. The van der Waals surface area contributed by atoms with Crippen LogP contribution in [0.25, 0.3) is 0 Å². The summed E-state index contributed by atoms with van der Waals surface area (Å²) in [5.41, 5.74) is 0. The molecule has 2 bridgehead atoms. The number of aliphatic hydroxyl groups is 1. The topological polar surface area (TPSA) is 23.5 Å². The molecule has 1 N–H and O–H groups in total. The van der Waals surface area contributed by atoms with E-state index in [-0.39, 0.29) is 6.10 Å². The lowest BCUT2D eigenvalue weighted by Gasteiger charge is -2.28. The number of piperidine rings is 1. The molecule has 0 aromatic rings. The van der Waals surface area contributed by atoms with Crippen LogP contribution < -0.4 is 0 Å². The Morgan fingerprint density at radius 3 is 2.83 bits per heavy atom. The van der Waals surface area contributed by atoms with Gasteiger partial charge in [0.15, 0.2) is 0 Å². The molecule has 2 nitrogen and oxygen atoms in total. The summed E-state index contributed by atoms with van der Waals surface area (Å²) in [6.45, 7) is 4.22. The number of likely N-dealkylation sites (tertiary alicyclic amines) is 1. The summed E-state index contributed by atoms with van der Waals surface area (Å²) < 4.78 is 0. The van der Waals surface area contributed by atoms with Crippen molar-refractivity contribution in [2.24, 2.45) is 5.92 Å². The Morgan fingerprint density at radius 2 is 2.33 bits per heavy atom. The molecule has 1 saturated heterocycles. The van der Waals surface area contributed by atoms with Gasteiger partial charge >= 0.3 is 0 Å². The van der Waals surface area contributed by atoms with Crippen LogP contribution in [-0.4, -0.2) is 35.2 Å². The van der Waals surface area contributed by atoms with Crippen LogP contribution in [0.15, 0.2) is 0 Å². The van der Waals surface area contributed by atoms with E-state index < -0.39 is 0 Å². The molecule has 1 heterocycles. The van der Waals surface area contributed by atoms with Crippen molar-refractivity contribution in [3.8, 4) is 0 Å². The normalized spacial score (nSPS) is 37.5. The van der Waals surface area contributed by atoms with Crippen molar-refractivity contribution in [2.45, 2.75) is 44.8 Å². The van der Waals surface area contributed by atoms with E-state index in [1.54, 1.807) is 0 Å². The highest BCUT2D eigenvalue weighted by molar-refractivity contribution is 4.92. The predicted octanol–water partition coefficient (Wildman–Crippen LogP) is 1.24. The van der Waals surface area contributed by atoms with Crippen LogP contribution in [0.3, 0.4) is 0 Å². The van der Waals surface area contributed by atoms with Crippen LogP contribution in [0.2, 0.25) is 0 Å². The van der Waals surface area contributed by atoms with Crippen LogP contribution in [0.4, 0.5) is 0 Å². The van der Waals surface area contributed by atoms with E-state index in [4.69, 9.17) is 0 Å². The summed E-state index contributed by atoms with van der Waals surface area (Å²) >= 11 is 0. The summed E-state index contributed by atoms with van der Waals surface area (Å²) in [5, 5.41) is 9.50. The average Bonchev–Trinajstić information content (AvgIpc) is 2.64. The van der Waals surface area contributed by atoms with Crippen molar-refractivity contribution in [2.75, 3.05) is 13.1 Å². The summed E-state index contributed by atoms with van der Waals surface area (Å²) in [7, 11) is 0. The van der Waals surface area contributed by atoms with E-state index >= 15 is 0 Å². The third-order valence-corrected chi connectivity index (χ3v) is 3.44. The Hall–Kier alpha value is -0.0800. The van der Waals surface area contributed by atoms with Crippen LogP contribution in [-0.2, 0) is 0 Å². The molecule has 0 aromatic heterocycles. The highest BCUT2D eigenvalue weighted by Crippen LogP contribution is 2.37. The Labute approximate surface area is 74.6 Å². The first-order chi connectivity index (χ1) is 5.79. The number of hydrogen-bond donors (Lipinski definition) is 1. The lowest BCUT2D eigenvalue weighted by Crippen LogP contribution is -2.37. The SMILES string of the molecule is CC[C@@H](O)CN1CC2CCC1C2. The third kappa shape index (κ3) is 1.50. The van der Waals surface area contributed by atoms with E-state index in [1.807, 2.05) is 0 Å². The standard InChI is InChI=1S/C10H19NO/c1-2-10(12)7-11-6-8-3-4-9(11)5-8/h8-10,12H,2-7H2,1H3/t8?,9?,10-/m1/s1. The van der Waals surface area contributed by atoms with Crippen LogP contribution in [0, 0.1) is 5.92 Å². The molecule has 2 unspecified atom stereocenters. The number of rotatable bonds is 3. The van der Waals surface area contributed by atoms with Crippen molar-refractivity contribution in [1.82, 2.24) is 4.90 Å². The van der Waals surface area contributed by atoms with Gasteiger partial charge in [-0.05, 0) is 31.6 Å². The smallest absolute Gasteiger partial charge is 0.0664 e. The zero-order valence-electron chi connectivity index (χ0n) is 7.87. The van der Waals surface area contributed by atoms with Gasteiger partial charge in [-0.25, -0.2) is 0 Å². The molecule has 2 aliphatic rings. The molecule has 0 radical (unpaired) electrons. The first kappa shape index (κ1) is 8.52. The molecule has 0 spiro atoms. The monoisotopic (exact) mass is 169 g/mol. The quantitative estimate of drug-likeness (QED) is 0.687. The van der Waals surface area contributed by atoms with E-state index in [2.05, 4.69) is 11.8 Å². The maximum atomic E-state index is 9.50. The molecule has 0 aromatic carbocycles. The van der Waals surface area contributed by atoms with Gasteiger partial charge < -0.3 is 5.11 Å². The summed E-state index contributed by atoms with van der Waals surface area (Å²) in [4.78, 5) is 2.49. The number of β-amino-alcohol motifs (C(OH)–C–C–N with tert-alkyl or cyclic N) is 1. The van der Waals surface area contributed by atoms with E-state index in [1.165, 1.54) is 25.8 Å². The number of fused-ring (bicyclic) bond motifs is 2. The van der Waals surface area contributed by atoms with E-state index in [0.717, 1.165) is 24.9 Å². The summed E-state index contributed by atoms with van der Waals surface area (Å²) in [6, 6.07) is 0.816. The second-order valence-electron chi connectivity index (χ2n) is 4.35. The zero-order chi connectivity index (χ0) is 8.55. The first-order valence-electron chi connectivity index (χ1n) is 5.21. The van der Waals surface area contributed by atoms with Crippen molar-refractivity contribution in [1.29, 1.82) is 0 Å². The average molecular weight is 169 g/mol. The Morgan fingerprint density at radius 1 is 1.50 bits per heavy atom. The Kier molecular flexibility index (Phi) is 2.37. The third-order valence-electron chi connectivity index (χ3n) is 3.44. The summed E-state index contributed by atoms with van der Waals surface area (Å²) in [6.07, 6.45) is 5.01. The molecular weight excluding hydrogens is 150 g/mol. The molecule has 12 heavy (non-hydrogen) atoms. The number of aliphatic hydroxyl groups excluding tert-OH is 1. The van der Waals surface area contributed by atoms with Gasteiger partial charge in [-0.15, -0.1) is 0 Å². The maximum absolute atomic E-state index is 9.50. The van der Waals surface area contributed by atoms with Gasteiger partial charge in [0.2, 0.25) is 0 Å². The Balaban J connectivity index is 1.82. The van der Waals surface area contributed by atoms with Gasteiger partial charge in [-0.3, -0.25) is 4.90 Å². The minimum atomic E-state index is -0.0932. The zero-order valence-corrected chi connectivity index (χ0v) is 7.87. The fourth-order valence-electron chi connectivity index (χ4n) is 2.65. The van der Waals surface area contributed by atoms with Gasteiger partial charge in [0.05, 0.1) is 6.10 Å². The summed E-state index contributed by atoms with van der Waals surface area (Å²) in [5.74, 6) is 0.957. The predicted molar refractivity (Wildman–Crippen MR) is 49.0 cm³/mol. The van der Waals surface area contributed by atoms with Gasteiger partial charge in [0, 0.05) is 19.1 Å². The molecule has 1 aliphatic heterocycles. The van der Waals surface area contributed by atoms with Crippen LogP contribution in [0.1, 0.15) is 32.6 Å². The first-order valence-corrected chi connectivity index (χ1v) is 5.21. The molecule has 1 saturated carbocycles. The minimum absolute atomic E-state index is 0.0932. The van der Waals surface area contributed by atoms with Gasteiger partial charge in [-0.2, -0.15) is 0 Å².